The zero-order valence-electron chi connectivity index (χ0n) is 10.9. The SMILES string of the molecule is Cc1cnc(C(C)NS(=O)(=O)c2cc(Br)ccc2N)o1. The molecule has 1 aromatic carbocycles. The van der Waals surface area contributed by atoms with Crippen LogP contribution in [0.4, 0.5) is 5.69 Å². The molecule has 0 saturated heterocycles. The van der Waals surface area contributed by atoms with Crippen molar-refractivity contribution in [1.82, 2.24) is 9.71 Å². The van der Waals surface area contributed by atoms with Crippen molar-refractivity contribution in [3.05, 3.63) is 40.5 Å². The van der Waals surface area contributed by atoms with Gasteiger partial charge < -0.3 is 10.2 Å². The summed E-state index contributed by atoms with van der Waals surface area (Å²) in [6.45, 7) is 3.39. The molecule has 1 atom stereocenters. The molecule has 2 rings (SSSR count). The molecule has 108 valence electrons. The summed E-state index contributed by atoms with van der Waals surface area (Å²) < 4.78 is 33.0. The number of nitrogens with one attached hydrogen (secondary N) is 1. The average Bonchev–Trinajstić information content (AvgIpc) is 2.78. The number of nitrogens with zero attached hydrogens (tertiary/aromatic N) is 1. The molecular formula is C12H14BrN3O3S. The average molecular weight is 360 g/mol. The van der Waals surface area contributed by atoms with Crippen molar-refractivity contribution in [2.45, 2.75) is 24.8 Å². The van der Waals surface area contributed by atoms with Gasteiger partial charge in [0.25, 0.3) is 0 Å². The maximum atomic E-state index is 12.3. The van der Waals surface area contributed by atoms with Crippen molar-refractivity contribution in [3.63, 3.8) is 0 Å². The van der Waals surface area contributed by atoms with Crippen LogP contribution < -0.4 is 10.5 Å². The van der Waals surface area contributed by atoms with E-state index in [1.807, 2.05) is 0 Å². The molecule has 0 saturated carbocycles. The van der Waals surface area contributed by atoms with Gasteiger partial charge in [0.15, 0.2) is 0 Å². The Balaban J connectivity index is 2.29. The van der Waals surface area contributed by atoms with Crippen LogP contribution in [0.5, 0.6) is 0 Å². The Morgan fingerprint density at radius 1 is 1.45 bits per heavy atom. The molecule has 8 heteroatoms. The smallest absolute Gasteiger partial charge is 0.243 e. The Labute approximate surface area is 125 Å². The number of benzene rings is 1. The highest BCUT2D eigenvalue weighted by Crippen LogP contribution is 2.24. The van der Waals surface area contributed by atoms with Gasteiger partial charge >= 0.3 is 0 Å². The summed E-state index contributed by atoms with van der Waals surface area (Å²) in [5, 5.41) is 0. The van der Waals surface area contributed by atoms with Gasteiger partial charge in [-0.05, 0) is 32.0 Å². The summed E-state index contributed by atoms with van der Waals surface area (Å²) in [5.74, 6) is 0.924. The van der Waals surface area contributed by atoms with Crippen LogP contribution in [0, 0.1) is 6.92 Å². The van der Waals surface area contributed by atoms with Crippen LogP contribution >= 0.6 is 15.9 Å². The molecule has 20 heavy (non-hydrogen) atoms. The third-order valence-electron chi connectivity index (χ3n) is 2.61. The minimum absolute atomic E-state index is 0.0157. The number of halogens is 1. The van der Waals surface area contributed by atoms with Crippen molar-refractivity contribution in [1.29, 1.82) is 0 Å². The van der Waals surface area contributed by atoms with Gasteiger partial charge in [0.1, 0.15) is 10.7 Å². The Morgan fingerprint density at radius 2 is 2.15 bits per heavy atom. The summed E-state index contributed by atoms with van der Waals surface area (Å²) >= 11 is 3.22. The summed E-state index contributed by atoms with van der Waals surface area (Å²) in [6, 6.07) is 4.06. The first-order valence-electron chi connectivity index (χ1n) is 5.79. The predicted octanol–water partition coefficient (Wildman–Crippen LogP) is 2.37. The van der Waals surface area contributed by atoms with E-state index in [2.05, 4.69) is 25.6 Å². The third-order valence-corrected chi connectivity index (χ3v) is 4.70. The number of hydrogen-bond donors (Lipinski definition) is 2. The first kappa shape index (κ1) is 15.0. The summed E-state index contributed by atoms with van der Waals surface area (Å²) in [7, 11) is -3.76. The Hall–Kier alpha value is -1.38. The normalized spacial score (nSPS) is 13.3. The molecule has 6 nitrogen and oxygen atoms in total. The predicted molar refractivity (Wildman–Crippen MR) is 78.5 cm³/mol. The third kappa shape index (κ3) is 3.20. The number of nitrogens with two attached hydrogens (primary N) is 1. The van der Waals surface area contributed by atoms with Crippen molar-refractivity contribution < 1.29 is 12.8 Å². The fourth-order valence-electron chi connectivity index (χ4n) is 1.66. The molecule has 2 aromatic rings. The van der Waals surface area contributed by atoms with Gasteiger partial charge in [-0.25, -0.2) is 13.4 Å². The molecular weight excluding hydrogens is 346 g/mol. The molecule has 0 aliphatic rings. The van der Waals surface area contributed by atoms with Gasteiger partial charge in [-0.2, -0.15) is 4.72 Å². The van der Waals surface area contributed by atoms with Gasteiger partial charge in [-0.15, -0.1) is 0 Å². The van der Waals surface area contributed by atoms with Crippen molar-refractivity contribution >= 4 is 31.6 Å². The van der Waals surface area contributed by atoms with Gasteiger partial charge in [-0.1, -0.05) is 15.9 Å². The molecule has 1 unspecified atom stereocenters. The number of aryl methyl sites for hydroxylation is 1. The van der Waals surface area contributed by atoms with Crippen LogP contribution in [0.25, 0.3) is 0 Å². The van der Waals surface area contributed by atoms with E-state index >= 15 is 0 Å². The van der Waals surface area contributed by atoms with Crippen LogP contribution in [-0.2, 0) is 10.0 Å². The Morgan fingerprint density at radius 3 is 2.75 bits per heavy atom. The quantitative estimate of drug-likeness (QED) is 0.816. The Kier molecular flexibility index (Phi) is 4.17. The second-order valence-electron chi connectivity index (χ2n) is 4.33. The second kappa shape index (κ2) is 5.55. The number of nitrogen functional groups attached to an aromatic ring is 1. The van der Waals surface area contributed by atoms with Crippen LogP contribution in [0.2, 0.25) is 0 Å². The standard InChI is InChI=1S/C12H14BrN3O3S/c1-7-6-15-12(19-7)8(2)16-20(17,18)11-5-9(13)3-4-10(11)14/h3-6,8,16H,14H2,1-2H3. The first-order valence-corrected chi connectivity index (χ1v) is 8.07. The van der Waals surface area contributed by atoms with E-state index in [-0.39, 0.29) is 10.6 Å². The fourth-order valence-corrected chi connectivity index (χ4v) is 3.53. The monoisotopic (exact) mass is 359 g/mol. The van der Waals surface area contributed by atoms with E-state index in [9.17, 15) is 8.42 Å². The maximum Gasteiger partial charge on any atom is 0.243 e. The van der Waals surface area contributed by atoms with Crippen molar-refractivity contribution in [2.75, 3.05) is 5.73 Å². The molecule has 0 bridgehead atoms. The minimum Gasteiger partial charge on any atom is -0.444 e. The van der Waals surface area contributed by atoms with E-state index in [0.717, 1.165) is 0 Å². The van der Waals surface area contributed by atoms with Crippen LogP contribution in [0.3, 0.4) is 0 Å². The summed E-state index contributed by atoms with van der Waals surface area (Å²) in [4.78, 5) is 4.02. The lowest BCUT2D eigenvalue weighted by atomic mass is 10.3. The van der Waals surface area contributed by atoms with Crippen molar-refractivity contribution in [3.8, 4) is 0 Å². The van der Waals surface area contributed by atoms with Crippen LogP contribution in [0.1, 0.15) is 24.6 Å². The zero-order valence-corrected chi connectivity index (χ0v) is 13.3. The van der Waals surface area contributed by atoms with Gasteiger partial charge in [0.05, 0.1) is 17.9 Å². The molecule has 0 fully saturated rings. The number of hydrogen-bond acceptors (Lipinski definition) is 5. The lowest BCUT2D eigenvalue weighted by Gasteiger charge is -2.13. The number of sulfonamides is 1. The highest BCUT2D eigenvalue weighted by molar-refractivity contribution is 9.10. The first-order chi connectivity index (χ1) is 9.29. The molecule has 1 aromatic heterocycles. The van der Waals surface area contributed by atoms with E-state index in [1.165, 1.54) is 18.3 Å². The van der Waals surface area contributed by atoms with Crippen LogP contribution in [-0.4, -0.2) is 13.4 Å². The summed E-state index contributed by atoms with van der Waals surface area (Å²) in [6.07, 6.45) is 1.54. The fraction of sp³-hybridized carbons (Fsp3) is 0.250. The number of oxazole rings is 1. The number of aromatic nitrogens is 1. The van der Waals surface area contributed by atoms with E-state index in [0.29, 0.717) is 16.1 Å². The van der Waals surface area contributed by atoms with E-state index in [1.54, 1.807) is 19.9 Å². The minimum atomic E-state index is -3.76. The Bertz CT molecular complexity index is 727. The highest BCUT2D eigenvalue weighted by Gasteiger charge is 2.23. The van der Waals surface area contributed by atoms with E-state index < -0.39 is 16.1 Å². The highest BCUT2D eigenvalue weighted by atomic mass is 79.9. The maximum absolute atomic E-state index is 12.3. The zero-order chi connectivity index (χ0) is 14.9. The molecule has 0 radical (unpaired) electrons. The second-order valence-corrected chi connectivity index (χ2v) is 6.93. The molecule has 1 heterocycles. The molecule has 0 aliphatic heterocycles. The van der Waals surface area contributed by atoms with Gasteiger partial charge in [0.2, 0.25) is 15.9 Å². The van der Waals surface area contributed by atoms with Gasteiger partial charge in [0, 0.05) is 4.47 Å². The molecule has 0 spiro atoms. The van der Waals surface area contributed by atoms with Crippen LogP contribution in [0.15, 0.2) is 38.2 Å². The molecule has 3 N–H and O–H groups in total. The van der Waals surface area contributed by atoms with Gasteiger partial charge in [-0.3, -0.25) is 0 Å². The topological polar surface area (TPSA) is 98.2 Å². The van der Waals surface area contributed by atoms with Crippen molar-refractivity contribution in [2.24, 2.45) is 0 Å². The lowest BCUT2D eigenvalue weighted by molar-refractivity contribution is 0.428. The summed E-state index contributed by atoms with van der Waals surface area (Å²) in [5.41, 5.74) is 5.89. The molecule has 0 aliphatic carbocycles. The molecule has 0 amide bonds. The lowest BCUT2D eigenvalue weighted by Crippen LogP contribution is -2.27. The van der Waals surface area contributed by atoms with E-state index in [4.69, 9.17) is 10.2 Å². The number of anilines is 1. The largest absolute Gasteiger partial charge is 0.444 e. The number of rotatable bonds is 4.